The Bertz CT molecular complexity index is 336. The molecule has 5 nitrogen and oxygen atoms in total. The summed E-state index contributed by atoms with van der Waals surface area (Å²) in [6, 6.07) is -0.176. The first-order valence-electron chi connectivity index (χ1n) is 6.93. The number of aliphatic carboxylic acids is 1. The molecule has 5 heteroatoms. The van der Waals surface area contributed by atoms with Gasteiger partial charge in [-0.15, -0.1) is 6.58 Å². The highest BCUT2D eigenvalue weighted by atomic mass is 16.4. The molecule has 0 heterocycles. The van der Waals surface area contributed by atoms with E-state index in [1.165, 1.54) is 0 Å². The van der Waals surface area contributed by atoms with E-state index in [2.05, 4.69) is 11.9 Å². The molecular weight excluding hydrogens is 244 g/mol. The number of carboxylic acid groups (broad SMARTS) is 1. The second kappa shape index (κ2) is 7.16. The van der Waals surface area contributed by atoms with Gasteiger partial charge in [-0.1, -0.05) is 25.8 Å². The van der Waals surface area contributed by atoms with Crippen molar-refractivity contribution in [1.29, 1.82) is 0 Å². The number of rotatable bonds is 7. The number of nitrogens with zero attached hydrogens (tertiary/aromatic N) is 1. The molecule has 2 amide bonds. The predicted molar refractivity (Wildman–Crippen MR) is 74.0 cm³/mol. The Morgan fingerprint density at radius 3 is 2.53 bits per heavy atom. The van der Waals surface area contributed by atoms with Gasteiger partial charge in [0.15, 0.2) is 0 Å². The van der Waals surface area contributed by atoms with Gasteiger partial charge in [0.1, 0.15) is 0 Å². The third-order valence-electron chi connectivity index (χ3n) is 3.55. The van der Waals surface area contributed by atoms with Crippen molar-refractivity contribution in [2.45, 2.75) is 51.0 Å². The van der Waals surface area contributed by atoms with Gasteiger partial charge in [0.25, 0.3) is 0 Å². The third-order valence-corrected chi connectivity index (χ3v) is 3.55. The molecule has 0 unspecified atom stereocenters. The maximum Gasteiger partial charge on any atom is 0.318 e. The highest BCUT2D eigenvalue weighted by Gasteiger charge is 2.38. The van der Waals surface area contributed by atoms with Crippen molar-refractivity contribution in [2.24, 2.45) is 0 Å². The number of hydrogen-bond acceptors (Lipinski definition) is 2. The lowest BCUT2D eigenvalue weighted by atomic mass is 9.93. The van der Waals surface area contributed by atoms with Crippen LogP contribution in [0.5, 0.6) is 0 Å². The topological polar surface area (TPSA) is 69.6 Å². The van der Waals surface area contributed by atoms with Crippen molar-refractivity contribution in [1.82, 2.24) is 10.2 Å². The van der Waals surface area contributed by atoms with E-state index in [1.54, 1.807) is 11.0 Å². The van der Waals surface area contributed by atoms with Gasteiger partial charge < -0.3 is 15.3 Å². The smallest absolute Gasteiger partial charge is 0.318 e. The molecule has 0 aromatic rings. The van der Waals surface area contributed by atoms with Gasteiger partial charge in [-0.2, -0.15) is 0 Å². The lowest BCUT2D eigenvalue weighted by Gasteiger charge is -2.32. The maximum absolute atomic E-state index is 12.2. The van der Waals surface area contributed by atoms with Crippen LogP contribution in [0.1, 0.15) is 45.4 Å². The number of nitrogens with one attached hydrogen (secondary N) is 1. The molecule has 1 aliphatic rings. The van der Waals surface area contributed by atoms with Crippen LogP contribution in [0, 0.1) is 0 Å². The molecule has 1 rings (SSSR count). The number of hydrogen-bond donors (Lipinski definition) is 2. The predicted octanol–water partition coefficient (Wildman–Crippen LogP) is 2.38. The fourth-order valence-corrected chi connectivity index (χ4v) is 2.69. The lowest BCUT2D eigenvalue weighted by molar-refractivity contribution is -0.138. The Kier molecular flexibility index (Phi) is 5.86. The minimum Gasteiger partial charge on any atom is -0.481 e. The maximum atomic E-state index is 12.2. The Labute approximate surface area is 114 Å². The molecule has 19 heavy (non-hydrogen) atoms. The van der Waals surface area contributed by atoms with Crippen LogP contribution in [0.15, 0.2) is 12.7 Å². The molecule has 1 aliphatic carbocycles. The van der Waals surface area contributed by atoms with Crippen LogP contribution in [-0.2, 0) is 4.79 Å². The molecule has 1 saturated carbocycles. The molecule has 0 bridgehead atoms. The molecule has 1 fully saturated rings. The van der Waals surface area contributed by atoms with Gasteiger partial charge in [0, 0.05) is 13.1 Å². The summed E-state index contributed by atoms with van der Waals surface area (Å²) in [5.41, 5.74) is -0.559. The van der Waals surface area contributed by atoms with E-state index >= 15 is 0 Å². The summed E-state index contributed by atoms with van der Waals surface area (Å²) >= 11 is 0. The Morgan fingerprint density at radius 1 is 1.42 bits per heavy atom. The van der Waals surface area contributed by atoms with Crippen LogP contribution in [0.2, 0.25) is 0 Å². The van der Waals surface area contributed by atoms with Crippen molar-refractivity contribution in [3.63, 3.8) is 0 Å². The normalized spacial score (nSPS) is 16.9. The van der Waals surface area contributed by atoms with Gasteiger partial charge in [0.05, 0.1) is 12.0 Å². The van der Waals surface area contributed by atoms with Crippen LogP contribution < -0.4 is 5.32 Å². The molecular formula is C14H24N2O3. The van der Waals surface area contributed by atoms with Crippen molar-refractivity contribution in [3.8, 4) is 0 Å². The summed E-state index contributed by atoms with van der Waals surface area (Å²) in [5.74, 6) is -0.854. The Hall–Kier alpha value is -1.52. The van der Waals surface area contributed by atoms with Gasteiger partial charge in [0.2, 0.25) is 0 Å². The highest BCUT2D eigenvalue weighted by Crippen LogP contribution is 2.32. The van der Waals surface area contributed by atoms with Gasteiger partial charge in [-0.3, -0.25) is 4.79 Å². The monoisotopic (exact) mass is 268 g/mol. The average Bonchev–Trinajstić information content (AvgIpc) is 2.76. The minimum atomic E-state index is -0.854. The zero-order valence-electron chi connectivity index (χ0n) is 11.7. The summed E-state index contributed by atoms with van der Waals surface area (Å²) < 4.78 is 0. The van der Waals surface area contributed by atoms with Crippen molar-refractivity contribution < 1.29 is 14.7 Å². The van der Waals surface area contributed by atoms with E-state index < -0.39 is 11.5 Å². The van der Waals surface area contributed by atoms with E-state index in [-0.39, 0.29) is 12.5 Å². The van der Waals surface area contributed by atoms with Gasteiger partial charge in [-0.05, 0) is 19.3 Å². The number of amides is 2. The van der Waals surface area contributed by atoms with Gasteiger partial charge >= 0.3 is 12.0 Å². The van der Waals surface area contributed by atoms with Crippen LogP contribution in [0.25, 0.3) is 0 Å². The molecule has 0 atom stereocenters. The second-order valence-corrected chi connectivity index (χ2v) is 5.22. The van der Waals surface area contributed by atoms with E-state index in [1.807, 2.05) is 6.92 Å². The Morgan fingerprint density at radius 2 is 2.05 bits per heavy atom. The van der Waals surface area contributed by atoms with E-state index in [9.17, 15) is 9.59 Å². The Balaban J connectivity index is 2.69. The first kappa shape index (κ1) is 15.5. The van der Waals surface area contributed by atoms with Gasteiger partial charge in [-0.25, -0.2) is 4.79 Å². The van der Waals surface area contributed by atoms with Crippen LogP contribution in [0.3, 0.4) is 0 Å². The quantitative estimate of drug-likeness (QED) is 0.696. The van der Waals surface area contributed by atoms with E-state index in [4.69, 9.17) is 5.11 Å². The van der Waals surface area contributed by atoms with E-state index in [0.717, 1.165) is 32.1 Å². The fraction of sp³-hybridized carbons (Fsp3) is 0.714. The third kappa shape index (κ3) is 4.58. The highest BCUT2D eigenvalue weighted by molar-refractivity contribution is 5.77. The van der Waals surface area contributed by atoms with Crippen LogP contribution in [-0.4, -0.2) is 40.6 Å². The first-order valence-corrected chi connectivity index (χ1v) is 6.93. The molecule has 108 valence electrons. The summed E-state index contributed by atoms with van der Waals surface area (Å²) in [7, 11) is 0. The number of urea groups is 1. The lowest BCUT2D eigenvalue weighted by Crippen LogP contribution is -2.53. The molecule has 2 N–H and O–H groups in total. The van der Waals surface area contributed by atoms with Crippen molar-refractivity contribution in [3.05, 3.63) is 12.7 Å². The largest absolute Gasteiger partial charge is 0.481 e. The zero-order valence-corrected chi connectivity index (χ0v) is 11.7. The standard InChI is InChI=1S/C14H24N2O3/c1-3-9-16(10-4-2)13(19)15-14(11-12(17)18)7-5-6-8-14/h3H,1,4-11H2,2H3,(H,15,19)(H,17,18). The van der Waals surface area contributed by atoms with Crippen molar-refractivity contribution >= 4 is 12.0 Å². The fourth-order valence-electron chi connectivity index (χ4n) is 2.69. The summed E-state index contributed by atoms with van der Waals surface area (Å²) in [5, 5.41) is 12.0. The molecule has 0 saturated heterocycles. The molecule has 0 spiro atoms. The van der Waals surface area contributed by atoms with Crippen molar-refractivity contribution in [2.75, 3.05) is 13.1 Å². The van der Waals surface area contributed by atoms with Crippen LogP contribution >= 0.6 is 0 Å². The molecule has 0 aliphatic heterocycles. The molecule has 0 radical (unpaired) electrons. The molecule has 0 aromatic carbocycles. The summed E-state index contributed by atoms with van der Waals surface area (Å²) in [6.07, 6.45) is 6.01. The van der Waals surface area contributed by atoms with Crippen LogP contribution in [0.4, 0.5) is 4.79 Å². The number of carbonyl (C=O) groups is 2. The average molecular weight is 268 g/mol. The molecule has 0 aromatic heterocycles. The SMILES string of the molecule is C=CCN(CCC)C(=O)NC1(CC(=O)O)CCCC1. The van der Waals surface area contributed by atoms with E-state index in [0.29, 0.717) is 13.1 Å². The number of carbonyl (C=O) groups excluding carboxylic acids is 1. The first-order chi connectivity index (χ1) is 9.03. The number of carboxylic acids is 1. The summed E-state index contributed by atoms with van der Waals surface area (Å²) in [4.78, 5) is 24.9. The zero-order chi connectivity index (χ0) is 14.3. The second-order valence-electron chi connectivity index (χ2n) is 5.22. The minimum absolute atomic E-state index is 0.00674. The summed E-state index contributed by atoms with van der Waals surface area (Å²) in [6.45, 7) is 6.80.